The van der Waals surface area contributed by atoms with E-state index in [1.54, 1.807) is 18.3 Å². The summed E-state index contributed by atoms with van der Waals surface area (Å²) in [5.41, 5.74) is 3.73. The van der Waals surface area contributed by atoms with E-state index in [9.17, 15) is 9.59 Å². The number of carbonyl (C=O) groups is 1. The lowest BCUT2D eigenvalue weighted by molar-refractivity contribution is 0.0774. The van der Waals surface area contributed by atoms with Crippen LogP contribution >= 0.6 is 0 Å². The highest BCUT2D eigenvalue weighted by atomic mass is 16.2. The molecule has 0 atom stereocenters. The fourth-order valence-corrected chi connectivity index (χ4v) is 4.62. The Kier molecular flexibility index (Phi) is 4.54. The molecule has 5 nitrogen and oxygen atoms in total. The Hall–Kier alpha value is -4.25. The van der Waals surface area contributed by atoms with E-state index in [4.69, 9.17) is 4.98 Å². The van der Waals surface area contributed by atoms with Crippen molar-refractivity contribution in [3.63, 3.8) is 0 Å². The van der Waals surface area contributed by atoms with Crippen LogP contribution in [0.4, 0.5) is 0 Å². The van der Waals surface area contributed by atoms with E-state index in [1.807, 2.05) is 59.5 Å². The molecule has 0 saturated carbocycles. The SMILES string of the molecule is O=C(c1cccn2c(=O)c3cc4ccccc4cc3nc12)N1CC=C(c2ccccc2)CC1. The lowest BCUT2D eigenvalue weighted by Crippen LogP contribution is -2.35. The van der Waals surface area contributed by atoms with Crippen molar-refractivity contribution < 1.29 is 4.79 Å². The van der Waals surface area contributed by atoms with Gasteiger partial charge in [-0.25, -0.2) is 4.98 Å². The molecule has 160 valence electrons. The van der Waals surface area contributed by atoms with Crippen LogP contribution in [0.1, 0.15) is 22.3 Å². The number of hydrogen-bond donors (Lipinski definition) is 0. The zero-order chi connectivity index (χ0) is 22.4. The average Bonchev–Trinajstić information content (AvgIpc) is 2.88. The van der Waals surface area contributed by atoms with Crippen LogP contribution in [0.5, 0.6) is 0 Å². The van der Waals surface area contributed by atoms with Gasteiger partial charge in [-0.1, -0.05) is 60.7 Å². The molecule has 6 rings (SSSR count). The summed E-state index contributed by atoms with van der Waals surface area (Å²) in [6.07, 6.45) is 4.59. The third-order valence-corrected chi connectivity index (χ3v) is 6.38. The number of benzene rings is 3. The lowest BCUT2D eigenvalue weighted by Gasteiger charge is -2.27. The molecule has 0 aliphatic carbocycles. The first-order valence-corrected chi connectivity index (χ1v) is 11.1. The monoisotopic (exact) mass is 431 g/mol. The van der Waals surface area contributed by atoms with Gasteiger partial charge in [-0.3, -0.25) is 14.0 Å². The standard InChI is InChI=1S/C28H21N3O2/c32-27(30-15-12-20(13-16-30)19-7-2-1-3-8-19)23-11-6-14-31-26(23)29-25-18-22-10-5-4-9-21(22)17-24(25)28(31)33/h1-12,14,17-18H,13,15-16H2. The number of nitrogens with zero attached hydrogens (tertiary/aromatic N) is 3. The van der Waals surface area contributed by atoms with Gasteiger partial charge in [0.15, 0.2) is 5.65 Å². The maximum absolute atomic E-state index is 13.5. The highest BCUT2D eigenvalue weighted by Gasteiger charge is 2.22. The Morgan fingerprint density at radius 3 is 2.39 bits per heavy atom. The number of hydrogen-bond acceptors (Lipinski definition) is 3. The van der Waals surface area contributed by atoms with Gasteiger partial charge in [0.1, 0.15) is 0 Å². The van der Waals surface area contributed by atoms with Gasteiger partial charge in [0.05, 0.1) is 16.5 Å². The third kappa shape index (κ3) is 3.29. The molecule has 0 radical (unpaired) electrons. The molecular weight excluding hydrogens is 410 g/mol. The maximum atomic E-state index is 13.5. The Bertz CT molecular complexity index is 1630. The van der Waals surface area contributed by atoms with Crippen molar-refractivity contribution in [2.75, 3.05) is 13.1 Å². The second-order valence-electron chi connectivity index (χ2n) is 8.35. The van der Waals surface area contributed by atoms with Crippen LogP contribution in [-0.4, -0.2) is 33.3 Å². The summed E-state index contributed by atoms with van der Waals surface area (Å²) < 4.78 is 1.49. The summed E-state index contributed by atoms with van der Waals surface area (Å²) in [4.78, 5) is 33.3. The van der Waals surface area contributed by atoms with Gasteiger partial charge < -0.3 is 4.90 Å². The van der Waals surface area contributed by atoms with E-state index >= 15 is 0 Å². The first-order valence-electron chi connectivity index (χ1n) is 11.1. The van der Waals surface area contributed by atoms with Crippen molar-refractivity contribution in [1.29, 1.82) is 0 Å². The summed E-state index contributed by atoms with van der Waals surface area (Å²) in [5.74, 6) is -0.108. The van der Waals surface area contributed by atoms with Crippen LogP contribution in [0.3, 0.4) is 0 Å². The summed E-state index contributed by atoms with van der Waals surface area (Å²) in [7, 11) is 0. The van der Waals surface area contributed by atoms with Crippen molar-refractivity contribution in [2.24, 2.45) is 0 Å². The zero-order valence-corrected chi connectivity index (χ0v) is 17.9. The maximum Gasteiger partial charge on any atom is 0.265 e. The molecule has 5 aromatic rings. The van der Waals surface area contributed by atoms with Crippen LogP contribution in [0.25, 0.3) is 32.9 Å². The minimum atomic E-state index is -0.166. The zero-order valence-electron chi connectivity index (χ0n) is 17.9. The minimum Gasteiger partial charge on any atom is -0.334 e. The van der Waals surface area contributed by atoms with Gasteiger partial charge >= 0.3 is 0 Å². The molecule has 0 fully saturated rings. The van der Waals surface area contributed by atoms with Gasteiger partial charge in [-0.15, -0.1) is 0 Å². The topological polar surface area (TPSA) is 54.7 Å². The second-order valence-corrected chi connectivity index (χ2v) is 8.35. The first kappa shape index (κ1) is 19.4. The summed E-state index contributed by atoms with van der Waals surface area (Å²) in [6.45, 7) is 1.16. The smallest absolute Gasteiger partial charge is 0.265 e. The predicted octanol–water partition coefficient (Wildman–Crippen LogP) is 4.93. The van der Waals surface area contributed by atoms with E-state index in [-0.39, 0.29) is 11.5 Å². The molecule has 0 saturated heterocycles. The quantitative estimate of drug-likeness (QED) is 0.373. The first-order chi connectivity index (χ1) is 16.2. The summed E-state index contributed by atoms with van der Waals surface area (Å²) >= 11 is 0. The van der Waals surface area contributed by atoms with E-state index in [1.165, 1.54) is 15.5 Å². The average molecular weight is 431 g/mol. The fraction of sp³-hybridized carbons (Fsp3) is 0.107. The summed E-state index contributed by atoms with van der Waals surface area (Å²) in [6, 6.07) is 25.4. The molecule has 2 aromatic heterocycles. The van der Waals surface area contributed by atoms with E-state index in [0.29, 0.717) is 35.2 Å². The van der Waals surface area contributed by atoms with E-state index in [0.717, 1.165) is 17.2 Å². The minimum absolute atomic E-state index is 0.108. The van der Waals surface area contributed by atoms with Crippen molar-refractivity contribution in [1.82, 2.24) is 14.3 Å². The fourth-order valence-electron chi connectivity index (χ4n) is 4.62. The molecular formula is C28H21N3O2. The highest BCUT2D eigenvalue weighted by Crippen LogP contribution is 2.24. The molecule has 0 spiro atoms. The molecule has 1 aliphatic heterocycles. The molecule has 0 bridgehead atoms. The summed E-state index contributed by atoms with van der Waals surface area (Å²) in [5, 5.41) is 2.55. The number of fused-ring (bicyclic) bond motifs is 3. The molecule has 33 heavy (non-hydrogen) atoms. The van der Waals surface area contributed by atoms with Gasteiger partial charge in [-0.05, 0) is 52.6 Å². The van der Waals surface area contributed by atoms with Crippen molar-refractivity contribution in [3.8, 4) is 0 Å². The van der Waals surface area contributed by atoms with Crippen LogP contribution in [0.15, 0.2) is 95.9 Å². The Morgan fingerprint density at radius 1 is 0.879 bits per heavy atom. The highest BCUT2D eigenvalue weighted by molar-refractivity contribution is 6.02. The van der Waals surface area contributed by atoms with Crippen LogP contribution < -0.4 is 5.56 Å². The Balaban J connectivity index is 1.42. The number of pyridine rings is 1. The predicted molar refractivity (Wildman–Crippen MR) is 131 cm³/mol. The molecule has 0 unspecified atom stereocenters. The molecule has 1 amide bonds. The van der Waals surface area contributed by atoms with Gasteiger partial charge in [0, 0.05) is 19.3 Å². The number of carbonyl (C=O) groups excluding carboxylic acids is 1. The van der Waals surface area contributed by atoms with Crippen molar-refractivity contribution in [2.45, 2.75) is 6.42 Å². The number of amides is 1. The van der Waals surface area contributed by atoms with Crippen molar-refractivity contribution >= 4 is 38.8 Å². The largest absolute Gasteiger partial charge is 0.334 e. The van der Waals surface area contributed by atoms with Gasteiger partial charge in [0.25, 0.3) is 11.5 Å². The van der Waals surface area contributed by atoms with Gasteiger partial charge in [0.2, 0.25) is 0 Å². The normalized spacial score (nSPS) is 14.1. The third-order valence-electron chi connectivity index (χ3n) is 6.38. The number of aromatic nitrogens is 2. The molecule has 3 heterocycles. The van der Waals surface area contributed by atoms with Crippen molar-refractivity contribution in [3.05, 3.63) is 113 Å². The van der Waals surface area contributed by atoms with Gasteiger partial charge in [-0.2, -0.15) is 0 Å². The molecule has 1 aliphatic rings. The Morgan fingerprint density at radius 2 is 1.64 bits per heavy atom. The number of rotatable bonds is 2. The Labute approximate surface area is 190 Å². The van der Waals surface area contributed by atoms with E-state index in [2.05, 4.69) is 18.2 Å². The second kappa shape index (κ2) is 7.71. The van der Waals surface area contributed by atoms with Crippen LogP contribution in [0, 0.1) is 0 Å². The van der Waals surface area contributed by atoms with E-state index < -0.39 is 0 Å². The van der Waals surface area contributed by atoms with Crippen LogP contribution in [0.2, 0.25) is 0 Å². The lowest BCUT2D eigenvalue weighted by atomic mass is 9.99. The molecule has 0 N–H and O–H groups in total. The molecule has 5 heteroatoms. The van der Waals surface area contributed by atoms with Crippen LogP contribution in [-0.2, 0) is 0 Å². The molecule has 3 aromatic carbocycles.